The summed E-state index contributed by atoms with van der Waals surface area (Å²) in [5.74, 6) is 0.629. The summed E-state index contributed by atoms with van der Waals surface area (Å²) in [6, 6.07) is 0.324. The Kier molecular flexibility index (Phi) is 4.45. The van der Waals surface area contributed by atoms with Crippen molar-refractivity contribution in [3.8, 4) is 0 Å². The lowest BCUT2D eigenvalue weighted by Crippen LogP contribution is -2.47. The second-order valence-corrected chi connectivity index (χ2v) is 5.83. The molecule has 0 heterocycles. The van der Waals surface area contributed by atoms with Crippen LogP contribution in [0, 0.1) is 11.3 Å². The summed E-state index contributed by atoms with van der Waals surface area (Å²) in [4.78, 5) is 11.3. The van der Waals surface area contributed by atoms with Crippen molar-refractivity contribution in [1.82, 2.24) is 5.32 Å². The first kappa shape index (κ1) is 12.8. The molecule has 0 aromatic rings. The Morgan fingerprint density at radius 2 is 1.93 bits per heavy atom. The van der Waals surface area contributed by atoms with E-state index in [-0.39, 0.29) is 17.2 Å². The van der Waals surface area contributed by atoms with Crippen molar-refractivity contribution in [3.63, 3.8) is 0 Å². The van der Waals surface area contributed by atoms with Crippen LogP contribution in [0.25, 0.3) is 0 Å². The number of halogens is 1. The van der Waals surface area contributed by atoms with Crippen molar-refractivity contribution in [3.05, 3.63) is 0 Å². The highest BCUT2D eigenvalue weighted by atomic mass is 35.5. The fraction of sp³-hybridized carbons (Fsp3) is 0.917. The quantitative estimate of drug-likeness (QED) is 0.728. The van der Waals surface area contributed by atoms with Crippen molar-refractivity contribution < 1.29 is 4.79 Å². The van der Waals surface area contributed by atoms with Crippen molar-refractivity contribution >= 4 is 17.5 Å². The highest BCUT2D eigenvalue weighted by Crippen LogP contribution is 2.37. The predicted molar refractivity (Wildman–Crippen MR) is 64.1 cm³/mol. The lowest BCUT2D eigenvalue weighted by molar-refractivity contribution is -0.120. The average Bonchev–Trinajstić information content (AvgIpc) is 2.17. The molecule has 1 N–H and O–H groups in total. The molecule has 0 radical (unpaired) electrons. The summed E-state index contributed by atoms with van der Waals surface area (Å²) < 4.78 is 0. The van der Waals surface area contributed by atoms with Crippen LogP contribution >= 0.6 is 11.6 Å². The topological polar surface area (TPSA) is 29.1 Å². The predicted octanol–water partition coefficient (Wildman–Crippen LogP) is 2.95. The number of carbonyl (C=O) groups is 1. The fourth-order valence-corrected chi connectivity index (χ4v) is 2.66. The first-order chi connectivity index (χ1) is 6.95. The number of alkyl halides is 1. The summed E-state index contributed by atoms with van der Waals surface area (Å²) >= 11 is 5.52. The molecule has 1 aliphatic carbocycles. The zero-order chi connectivity index (χ0) is 11.5. The molecule has 0 bridgehead atoms. The minimum atomic E-state index is -0.0298. The number of hydrogen-bond donors (Lipinski definition) is 1. The van der Waals surface area contributed by atoms with Crippen LogP contribution in [0.4, 0.5) is 0 Å². The van der Waals surface area contributed by atoms with E-state index >= 15 is 0 Å². The minimum Gasteiger partial charge on any atom is -0.352 e. The molecule has 2 nitrogen and oxygen atoms in total. The van der Waals surface area contributed by atoms with Gasteiger partial charge in [0.2, 0.25) is 5.91 Å². The molecule has 0 aromatic carbocycles. The Hall–Kier alpha value is -0.240. The van der Waals surface area contributed by atoms with Gasteiger partial charge in [-0.15, -0.1) is 11.6 Å². The molecule has 0 saturated heterocycles. The maximum atomic E-state index is 11.3. The van der Waals surface area contributed by atoms with Gasteiger partial charge in [-0.25, -0.2) is 0 Å². The molecule has 3 heteroatoms. The number of nitrogens with one attached hydrogen (secondary N) is 1. The van der Waals surface area contributed by atoms with Gasteiger partial charge in [-0.05, 0) is 24.2 Å². The van der Waals surface area contributed by atoms with E-state index in [1.54, 1.807) is 0 Å². The second-order valence-electron chi connectivity index (χ2n) is 5.56. The normalized spacial score (nSPS) is 27.5. The lowest BCUT2D eigenvalue weighted by Gasteiger charge is -2.40. The third-order valence-electron chi connectivity index (χ3n) is 3.35. The molecule has 2 atom stereocenters. The van der Waals surface area contributed by atoms with Crippen molar-refractivity contribution in [2.75, 3.05) is 5.88 Å². The monoisotopic (exact) mass is 231 g/mol. The largest absolute Gasteiger partial charge is 0.352 e. The second kappa shape index (κ2) is 5.20. The zero-order valence-corrected chi connectivity index (χ0v) is 10.7. The number of rotatable bonds is 2. The standard InChI is InChI=1S/C12H22ClNO/c1-12(2,3)9-6-4-5-7-10(9)14-11(15)8-13/h9-10H,4-8H2,1-3H3,(H,14,15)/t9-,10-/m1/s1. The molecule has 15 heavy (non-hydrogen) atoms. The van der Waals surface area contributed by atoms with Crippen LogP contribution in [0.15, 0.2) is 0 Å². The van der Waals surface area contributed by atoms with Crippen LogP contribution in [0.3, 0.4) is 0 Å². The summed E-state index contributed by atoms with van der Waals surface area (Å²) in [6.45, 7) is 6.76. The SMILES string of the molecule is CC(C)(C)[C@@H]1CCCC[C@H]1NC(=O)CCl. The zero-order valence-electron chi connectivity index (χ0n) is 9.98. The van der Waals surface area contributed by atoms with E-state index in [1.807, 2.05) is 0 Å². The molecule has 0 aromatic heterocycles. The van der Waals surface area contributed by atoms with Gasteiger partial charge in [0.05, 0.1) is 0 Å². The third-order valence-corrected chi connectivity index (χ3v) is 3.59. The van der Waals surface area contributed by atoms with E-state index in [0.29, 0.717) is 12.0 Å². The van der Waals surface area contributed by atoms with Crippen LogP contribution < -0.4 is 5.32 Å². The fourth-order valence-electron chi connectivity index (χ4n) is 2.59. The van der Waals surface area contributed by atoms with Crippen LogP contribution in [0.1, 0.15) is 46.5 Å². The molecule has 0 unspecified atom stereocenters. The van der Waals surface area contributed by atoms with Crippen LogP contribution in [-0.4, -0.2) is 17.8 Å². The van der Waals surface area contributed by atoms with E-state index in [4.69, 9.17) is 11.6 Å². The molecule has 88 valence electrons. The van der Waals surface area contributed by atoms with Gasteiger partial charge in [0.15, 0.2) is 0 Å². The first-order valence-electron chi connectivity index (χ1n) is 5.80. The summed E-state index contributed by atoms with van der Waals surface area (Å²) in [6.07, 6.45) is 4.83. The van der Waals surface area contributed by atoms with E-state index in [1.165, 1.54) is 19.3 Å². The molecule has 1 rings (SSSR count). The lowest BCUT2D eigenvalue weighted by atomic mass is 9.69. The van der Waals surface area contributed by atoms with Crippen LogP contribution in [0.2, 0.25) is 0 Å². The Balaban J connectivity index is 2.62. The average molecular weight is 232 g/mol. The van der Waals surface area contributed by atoms with Crippen molar-refractivity contribution in [2.24, 2.45) is 11.3 Å². The Morgan fingerprint density at radius 3 is 2.47 bits per heavy atom. The highest BCUT2D eigenvalue weighted by molar-refractivity contribution is 6.27. The smallest absolute Gasteiger partial charge is 0.235 e. The summed E-state index contributed by atoms with van der Waals surface area (Å²) in [7, 11) is 0. The first-order valence-corrected chi connectivity index (χ1v) is 6.34. The molecule has 1 saturated carbocycles. The van der Waals surface area contributed by atoms with E-state index in [2.05, 4.69) is 26.1 Å². The number of amides is 1. The van der Waals surface area contributed by atoms with Gasteiger partial charge in [-0.3, -0.25) is 4.79 Å². The minimum absolute atomic E-state index is 0.0298. The Morgan fingerprint density at radius 1 is 1.33 bits per heavy atom. The number of carbonyl (C=O) groups excluding carboxylic acids is 1. The van der Waals surface area contributed by atoms with Crippen molar-refractivity contribution in [1.29, 1.82) is 0 Å². The van der Waals surface area contributed by atoms with E-state index in [9.17, 15) is 4.79 Å². The van der Waals surface area contributed by atoms with Gasteiger partial charge in [0, 0.05) is 6.04 Å². The molecule has 1 aliphatic rings. The maximum Gasteiger partial charge on any atom is 0.235 e. The van der Waals surface area contributed by atoms with E-state index < -0.39 is 0 Å². The van der Waals surface area contributed by atoms with E-state index in [0.717, 1.165) is 6.42 Å². The third kappa shape index (κ3) is 3.67. The molecular weight excluding hydrogens is 210 g/mol. The van der Waals surface area contributed by atoms with Gasteiger partial charge in [0.1, 0.15) is 5.88 Å². The van der Waals surface area contributed by atoms with Gasteiger partial charge in [-0.1, -0.05) is 33.6 Å². The summed E-state index contributed by atoms with van der Waals surface area (Å²) in [5.41, 5.74) is 0.269. The molecule has 1 fully saturated rings. The molecule has 0 aliphatic heterocycles. The Labute approximate surface area is 97.8 Å². The van der Waals surface area contributed by atoms with Gasteiger partial charge >= 0.3 is 0 Å². The van der Waals surface area contributed by atoms with Crippen LogP contribution in [0.5, 0.6) is 0 Å². The molecule has 1 amide bonds. The van der Waals surface area contributed by atoms with Crippen molar-refractivity contribution in [2.45, 2.75) is 52.5 Å². The highest BCUT2D eigenvalue weighted by Gasteiger charge is 2.34. The maximum absolute atomic E-state index is 11.3. The van der Waals surface area contributed by atoms with Gasteiger partial charge in [-0.2, -0.15) is 0 Å². The number of hydrogen-bond acceptors (Lipinski definition) is 1. The molecular formula is C12H22ClNO. The van der Waals surface area contributed by atoms with Gasteiger partial charge in [0.25, 0.3) is 0 Å². The summed E-state index contributed by atoms with van der Waals surface area (Å²) in [5, 5.41) is 3.05. The molecule has 0 spiro atoms. The Bertz CT molecular complexity index is 222. The van der Waals surface area contributed by atoms with Gasteiger partial charge < -0.3 is 5.32 Å². The van der Waals surface area contributed by atoms with Crippen LogP contribution in [-0.2, 0) is 4.79 Å².